The smallest absolute Gasteiger partial charge is 0.159 e. The first-order chi connectivity index (χ1) is 10.6. The average molecular weight is 302 g/mol. The topological polar surface area (TPSA) is 0 Å². The maximum atomic E-state index is 14.7. The zero-order valence-electron chi connectivity index (χ0n) is 12.4. The summed E-state index contributed by atoms with van der Waals surface area (Å²) in [6.07, 6.45) is 5.54. The van der Waals surface area contributed by atoms with E-state index < -0.39 is 11.6 Å². The van der Waals surface area contributed by atoms with Crippen molar-refractivity contribution in [3.63, 3.8) is 0 Å². The van der Waals surface area contributed by atoms with Crippen LogP contribution in [0.25, 0.3) is 11.1 Å². The number of hydrogen-bond acceptors (Lipinski definition) is 0. The number of fused-ring (bicyclic) bond motifs is 1. The molecule has 3 rings (SSSR count). The Morgan fingerprint density at radius 3 is 2.55 bits per heavy atom. The zero-order chi connectivity index (χ0) is 15.7. The third-order valence-corrected chi connectivity index (χ3v) is 4.15. The number of benzene rings is 2. The van der Waals surface area contributed by atoms with Crippen LogP contribution in [0.15, 0.2) is 42.0 Å². The van der Waals surface area contributed by atoms with Gasteiger partial charge in [-0.1, -0.05) is 43.2 Å². The van der Waals surface area contributed by atoms with Crippen molar-refractivity contribution in [1.29, 1.82) is 0 Å². The molecule has 1 aliphatic carbocycles. The number of halogens is 3. The molecule has 0 aliphatic heterocycles. The summed E-state index contributed by atoms with van der Waals surface area (Å²) in [5.41, 5.74) is 3.69. The van der Waals surface area contributed by atoms with Crippen LogP contribution in [-0.2, 0) is 12.8 Å². The predicted octanol–water partition coefficient (Wildman–Crippen LogP) is 5.60. The van der Waals surface area contributed by atoms with Crippen LogP contribution in [-0.4, -0.2) is 0 Å². The van der Waals surface area contributed by atoms with E-state index in [1.807, 2.05) is 6.07 Å². The highest BCUT2D eigenvalue weighted by molar-refractivity contribution is 5.66. The Morgan fingerprint density at radius 1 is 1.00 bits per heavy atom. The largest absolute Gasteiger partial charge is 0.206 e. The van der Waals surface area contributed by atoms with Crippen LogP contribution in [0.2, 0.25) is 0 Å². The van der Waals surface area contributed by atoms with Gasteiger partial charge in [0, 0.05) is 5.56 Å². The number of hydrogen-bond donors (Lipinski definition) is 0. The highest BCUT2D eigenvalue weighted by atomic mass is 19.2. The predicted molar refractivity (Wildman–Crippen MR) is 82.2 cm³/mol. The average Bonchev–Trinajstić information content (AvgIpc) is 2.51. The molecular weight excluding hydrogens is 285 g/mol. The van der Waals surface area contributed by atoms with Crippen molar-refractivity contribution < 1.29 is 13.2 Å². The second-order valence-electron chi connectivity index (χ2n) is 5.69. The highest BCUT2D eigenvalue weighted by Gasteiger charge is 2.18. The lowest BCUT2D eigenvalue weighted by Gasteiger charge is -2.19. The molecular formula is C19H17F3. The molecule has 0 N–H and O–H groups in total. The van der Waals surface area contributed by atoms with Crippen LogP contribution in [0.5, 0.6) is 0 Å². The Morgan fingerprint density at radius 2 is 1.82 bits per heavy atom. The van der Waals surface area contributed by atoms with E-state index in [0.717, 1.165) is 37.0 Å². The molecule has 2 aromatic rings. The van der Waals surface area contributed by atoms with Gasteiger partial charge in [-0.3, -0.25) is 0 Å². The molecule has 22 heavy (non-hydrogen) atoms. The second kappa shape index (κ2) is 5.99. The molecule has 0 bridgehead atoms. The monoisotopic (exact) mass is 302 g/mol. The minimum absolute atomic E-state index is 0.324. The van der Waals surface area contributed by atoms with E-state index in [4.69, 9.17) is 0 Å². The summed E-state index contributed by atoms with van der Waals surface area (Å²) in [5.74, 6) is -2.20. The van der Waals surface area contributed by atoms with Crippen molar-refractivity contribution in [3.05, 3.63) is 70.6 Å². The molecule has 0 heterocycles. The van der Waals surface area contributed by atoms with Crippen LogP contribution in [0.3, 0.4) is 0 Å². The van der Waals surface area contributed by atoms with Crippen molar-refractivity contribution >= 4 is 0 Å². The van der Waals surface area contributed by atoms with Crippen LogP contribution < -0.4 is 0 Å². The zero-order valence-corrected chi connectivity index (χ0v) is 12.4. The minimum atomic E-state index is -0.959. The first-order valence-corrected chi connectivity index (χ1v) is 7.53. The molecule has 114 valence electrons. The molecule has 3 heteroatoms. The van der Waals surface area contributed by atoms with E-state index in [1.165, 1.54) is 11.6 Å². The summed E-state index contributed by atoms with van der Waals surface area (Å²) in [5, 5.41) is 0. The molecule has 0 saturated carbocycles. The third kappa shape index (κ3) is 2.68. The van der Waals surface area contributed by atoms with Crippen LogP contribution in [0.4, 0.5) is 13.2 Å². The fourth-order valence-electron chi connectivity index (χ4n) is 3.01. The fourth-order valence-corrected chi connectivity index (χ4v) is 3.01. The maximum Gasteiger partial charge on any atom is 0.159 e. The third-order valence-electron chi connectivity index (χ3n) is 4.15. The molecule has 2 aromatic carbocycles. The molecule has 0 fully saturated rings. The summed E-state index contributed by atoms with van der Waals surface area (Å²) < 4.78 is 41.1. The van der Waals surface area contributed by atoms with E-state index in [2.05, 4.69) is 13.0 Å². The lowest BCUT2D eigenvalue weighted by Crippen LogP contribution is -2.07. The van der Waals surface area contributed by atoms with Crippen molar-refractivity contribution in [2.45, 2.75) is 32.6 Å². The molecule has 0 aromatic heterocycles. The summed E-state index contributed by atoms with van der Waals surface area (Å²) in [4.78, 5) is 0. The second-order valence-corrected chi connectivity index (χ2v) is 5.69. The Labute approximate surface area is 128 Å². The minimum Gasteiger partial charge on any atom is -0.206 e. The standard InChI is InChI=1S/C19H17F3/c1-2-3-12-4-7-15-13(10-12)5-8-16(19(15)22)14-6-9-17(20)18(21)11-14/h4-6,8-9,11H,2-3,7,10H2,1H3. The summed E-state index contributed by atoms with van der Waals surface area (Å²) >= 11 is 0. The van der Waals surface area contributed by atoms with Gasteiger partial charge in [-0.05, 0) is 48.1 Å². The summed E-state index contributed by atoms with van der Waals surface area (Å²) in [7, 11) is 0. The normalized spacial score (nSPS) is 13.7. The SMILES string of the molecule is CCCC1=CCc2c(ccc(-c3ccc(F)c(F)c3)c2F)C1. The van der Waals surface area contributed by atoms with E-state index in [9.17, 15) is 13.2 Å². The summed E-state index contributed by atoms with van der Waals surface area (Å²) in [6, 6.07) is 7.04. The molecule has 0 unspecified atom stereocenters. The lowest BCUT2D eigenvalue weighted by atomic mass is 9.87. The van der Waals surface area contributed by atoms with Gasteiger partial charge in [-0.15, -0.1) is 0 Å². The van der Waals surface area contributed by atoms with Crippen molar-refractivity contribution in [2.75, 3.05) is 0 Å². The van der Waals surface area contributed by atoms with Crippen molar-refractivity contribution in [1.82, 2.24) is 0 Å². The van der Waals surface area contributed by atoms with Gasteiger partial charge >= 0.3 is 0 Å². The number of rotatable bonds is 3. The Bertz CT molecular complexity index is 745. The van der Waals surface area contributed by atoms with E-state index >= 15 is 0 Å². The molecule has 0 radical (unpaired) electrons. The molecule has 1 aliphatic rings. The van der Waals surface area contributed by atoms with Gasteiger partial charge < -0.3 is 0 Å². The molecule has 0 saturated heterocycles. The number of allylic oxidation sites excluding steroid dienone is 2. The van der Waals surface area contributed by atoms with Gasteiger partial charge in [-0.2, -0.15) is 0 Å². The van der Waals surface area contributed by atoms with Gasteiger partial charge in [0.25, 0.3) is 0 Å². The first kappa shape index (κ1) is 14.9. The van der Waals surface area contributed by atoms with Gasteiger partial charge in [0.2, 0.25) is 0 Å². The first-order valence-electron chi connectivity index (χ1n) is 7.53. The summed E-state index contributed by atoms with van der Waals surface area (Å²) in [6.45, 7) is 2.13. The van der Waals surface area contributed by atoms with E-state index in [1.54, 1.807) is 6.07 Å². The van der Waals surface area contributed by atoms with Crippen LogP contribution in [0.1, 0.15) is 30.9 Å². The van der Waals surface area contributed by atoms with Gasteiger partial charge in [0.05, 0.1) is 0 Å². The van der Waals surface area contributed by atoms with E-state index in [-0.39, 0.29) is 5.82 Å². The van der Waals surface area contributed by atoms with E-state index in [0.29, 0.717) is 23.1 Å². The van der Waals surface area contributed by atoms with Gasteiger partial charge in [-0.25, -0.2) is 13.2 Å². The molecule has 0 atom stereocenters. The van der Waals surface area contributed by atoms with Crippen molar-refractivity contribution in [3.8, 4) is 11.1 Å². The van der Waals surface area contributed by atoms with Gasteiger partial charge in [0.1, 0.15) is 5.82 Å². The Hall–Kier alpha value is -2.03. The molecule has 0 spiro atoms. The maximum absolute atomic E-state index is 14.7. The molecule has 0 nitrogen and oxygen atoms in total. The van der Waals surface area contributed by atoms with Gasteiger partial charge in [0.15, 0.2) is 11.6 Å². The Balaban J connectivity index is 2.00. The van der Waals surface area contributed by atoms with Crippen LogP contribution >= 0.6 is 0 Å². The Kier molecular flexibility index (Phi) is 4.06. The highest BCUT2D eigenvalue weighted by Crippen LogP contribution is 2.32. The quantitative estimate of drug-likeness (QED) is 0.648. The lowest BCUT2D eigenvalue weighted by molar-refractivity contribution is 0.509. The van der Waals surface area contributed by atoms with Crippen molar-refractivity contribution in [2.24, 2.45) is 0 Å². The van der Waals surface area contributed by atoms with Crippen LogP contribution in [0, 0.1) is 17.5 Å². The molecule has 0 amide bonds. The fraction of sp³-hybridized carbons (Fsp3) is 0.263.